The fourth-order valence-corrected chi connectivity index (χ4v) is 1.97. The predicted octanol–water partition coefficient (Wildman–Crippen LogP) is 0.866. The topological polar surface area (TPSA) is 86.7 Å². The minimum Gasteiger partial charge on any atom is -0.478 e. The third-order valence-electron chi connectivity index (χ3n) is 2.84. The number of carbonyl (C=O) groups is 3. The molecule has 9 heteroatoms. The molecule has 1 aliphatic rings. The molecule has 2 amide bonds. The summed E-state index contributed by atoms with van der Waals surface area (Å²) in [4.78, 5) is 34.8. The minimum absolute atomic E-state index is 0.112. The molecule has 0 aliphatic carbocycles. The van der Waals surface area contributed by atoms with Gasteiger partial charge in [0.2, 0.25) is 11.8 Å². The lowest BCUT2D eigenvalue weighted by atomic mass is 10.1. The number of nitrogens with one attached hydrogen (secondary N) is 1. The van der Waals surface area contributed by atoms with E-state index >= 15 is 0 Å². The number of nitrogens with zero attached hydrogens (tertiary/aromatic N) is 1. The van der Waals surface area contributed by atoms with Crippen LogP contribution in [0.1, 0.15) is 15.9 Å². The molecule has 1 fully saturated rings. The molecular formula is C12H9F3N2O4. The molecule has 0 saturated carbocycles. The highest BCUT2D eigenvalue weighted by molar-refractivity contribution is 6.04. The lowest BCUT2D eigenvalue weighted by molar-refractivity contribution is -0.137. The Kier molecular flexibility index (Phi) is 3.58. The second kappa shape index (κ2) is 5.08. The van der Waals surface area contributed by atoms with E-state index in [2.05, 4.69) is 0 Å². The molecule has 0 atom stereocenters. The van der Waals surface area contributed by atoms with Crippen molar-refractivity contribution in [1.82, 2.24) is 5.32 Å². The molecule has 0 radical (unpaired) electrons. The number of piperazine rings is 1. The van der Waals surface area contributed by atoms with Crippen LogP contribution in [-0.2, 0) is 15.8 Å². The summed E-state index contributed by atoms with van der Waals surface area (Å²) in [6, 6.07) is 2.13. The summed E-state index contributed by atoms with van der Waals surface area (Å²) in [6.07, 6.45) is -4.68. The number of carboxylic acids is 1. The molecule has 0 aromatic heterocycles. The summed E-state index contributed by atoms with van der Waals surface area (Å²) in [5, 5.41) is 11.1. The van der Waals surface area contributed by atoms with Crippen molar-refractivity contribution in [3.05, 3.63) is 29.3 Å². The molecule has 0 bridgehead atoms. The number of halogens is 3. The number of alkyl halides is 3. The molecule has 1 aliphatic heterocycles. The molecule has 21 heavy (non-hydrogen) atoms. The number of hydrogen-bond donors (Lipinski definition) is 2. The molecule has 1 heterocycles. The van der Waals surface area contributed by atoms with Crippen LogP contribution in [0.3, 0.4) is 0 Å². The van der Waals surface area contributed by atoms with Crippen molar-refractivity contribution < 1.29 is 32.7 Å². The monoisotopic (exact) mass is 302 g/mol. The largest absolute Gasteiger partial charge is 0.478 e. The first-order chi connectivity index (χ1) is 9.68. The Morgan fingerprint density at radius 3 is 2.24 bits per heavy atom. The highest BCUT2D eigenvalue weighted by Crippen LogP contribution is 2.33. The average Bonchev–Trinajstić information content (AvgIpc) is 2.35. The Bertz CT molecular complexity index is 611. The van der Waals surface area contributed by atoms with E-state index in [1.807, 2.05) is 5.32 Å². The molecular weight excluding hydrogens is 293 g/mol. The van der Waals surface area contributed by atoms with Gasteiger partial charge in [0, 0.05) is 0 Å². The molecule has 6 nitrogen and oxygen atoms in total. The summed E-state index contributed by atoms with van der Waals surface area (Å²) in [7, 11) is 0. The van der Waals surface area contributed by atoms with E-state index in [0.717, 1.165) is 11.0 Å². The van der Waals surface area contributed by atoms with Crippen LogP contribution in [-0.4, -0.2) is 36.0 Å². The Morgan fingerprint density at radius 1 is 1.19 bits per heavy atom. The van der Waals surface area contributed by atoms with Crippen LogP contribution >= 0.6 is 0 Å². The average molecular weight is 302 g/mol. The maximum atomic E-state index is 12.6. The fraction of sp³-hybridized carbons (Fsp3) is 0.250. The van der Waals surface area contributed by atoms with Crippen molar-refractivity contribution in [3.63, 3.8) is 0 Å². The van der Waals surface area contributed by atoms with Crippen LogP contribution in [0.5, 0.6) is 0 Å². The van der Waals surface area contributed by atoms with Crippen LogP contribution in [0.2, 0.25) is 0 Å². The molecule has 1 aromatic carbocycles. The van der Waals surface area contributed by atoms with Crippen molar-refractivity contribution in [1.29, 1.82) is 0 Å². The Labute approximate surface area is 116 Å². The third kappa shape index (κ3) is 3.12. The molecule has 1 aromatic rings. The van der Waals surface area contributed by atoms with Crippen molar-refractivity contribution in [2.24, 2.45) is 0 Å². The number of amides is 2. The van der Waals surface area contributed by atoms with Gasteiger partial charge < -0.3 is 10.0 Å². The Balaban J connectivity index is 2.46. The number of hydrogen-bond acceptors (Lipinski definition) is 4. The van der Waals surface area contributed by atoms with E-state index < -0.39 is 35.1 Å². The summed E-state index contributed by atoms with van der Waals surface area (Å²) >= 11 is 0. The van der Waals surface area contributed by atoms with Gasteiger partial charge in [-0.1, -0.05) is 0 Å². The summed E-state index contributed by atoms with van der Waals surface area (Å²) in [5.74, 6) is -2.88. The first-order valence-corrected chi connectivity index (χ1v) is 5.70. The van der Waals surface area contributed by atoms with E-state index in [4.69, 9.17) is 5.11 Å². The smallest absolute Gasteiger partial charge is 0.416 e. The zero-order chi connectivity index (χ0) is 15.8. The van der Waals surface area contributed by atoms with Crippen molar-refractivity contribution >= 4 is 23.5 Å². The van der Waals surface area contributed by atoms with E-state index in [1.165, 1.54) is 0 Å². The SMILES string of the molecule is O=C1CN(c2ccc(C(F)(F)F)cc2C(=O)O)CC(=O)N1. The standard InChI is InChI=1S/C12H9F3N2O4/c13-12(14,15)6-1-2-8(7(3-6)11(20)21)17-4-9(18)16-10(19)5-17/h1-3H,4-5H2,(H,20,21)(H,16,18,19). The summed E-state index contributed by atoms with van der Waals surface area (Å²) in [5.41, 5.74) is -1.84. The molecule has 2 N–H and O–H groups in total. The number of carboxylic acid groups (broad SMARTS) is 1. The van der Waals surface area contributed by atoms with Crippen molar-refractivity contribution in [2.45, 2.75) is 6.18 Å². The number of benzene rings is 1. The van der Waals surface area contributed by atoms with Crippen LogP contribution in [0.25, 0.3) is 0 Å². The van der Waals surface area contributed by atoms with Crippen LogP contribution in [0.4, 0.5) is 18.9 Å². The maximum Gasteiger partial charge on any atom is 0.416 e. The van der Waals surface area contributed by atoms with Crippen LogP contribution < -0.4 is 10.2 Å². The fourth-order valence-electron chi connectivity index (χ4n) is 1.97. The molecule has 0 spiro atoms. The first-order valence-electron chi connectivity index (χ1n) is 5.70. The van der Waals surface area contributed by atoms with E-state index in [9.17, 15) is 27.6 Å². The van der Waals surface area contributed by atoms with Gasteiger partial charge in [0.1, 0.15) is 0 Å². The highest BCUT2D eigenvalue weighted by atomic mass is 19.4. The van der Waals surface area contributed by atoms with Gasteiger partial charge in [-0.25, -0.2) is 4.79 Å². The van der Waals surface area contributed by atoms with Gasteiger partial charge in [0.25, 0.3) is 0 Å². The van der Waals surface area contributed by atoms with Gasteiger partial charge in [-0.05, 0) is 18.2 Å². The summed E-state index contributed by atoms with van der Waals surface area (Å²) < 4.78 is 37.8. The molecule has 2 rings (SSSR count). The number of imide groups is 1. The van der Waals surface area contributed by atoms with Crippen LogP contribution in [0.15, 0.2) is 18.2 Å². The second-order valence-corrected chi connectivity index (χ2v) is 4.36. The quantitative estimate of drug-likeness (QED) is 0.792. The molecule has 112 valence electrons. The lowest BCUT2D eigenvalue weighted by Crippen LogP contribution is -2.51. The normalized spacial score (nSPS) is 15.9. The number of aromatic carboxylic acids is 1. The van der Waals surface area contributed by atoms with Gasteiger partial charge >= 0.3 is 12.1 Å². The lowest BCUT2D eigenvalue weighted by Gasteiger charge is -2.28. The van der Waals surface area contributed by atoms with E-state index in [1.54, 1.807) is 0 Å². The molecule has 0 unspecified atom stereocenters. The zero-order valence-corrected chi connectivity index (χ0v) is 10.4. The highest BCUT2D eigenvalue weighted by Gasteiger charge is 2.33. The Hall–Kier alpha value is -2.58. The van der Waals surface area contributed by atoms with Crippen molar-refractivity contribution in [2.75, 3.05) is 18.0 Å². The predicted molar refractivity (Wildman–Crippen MR) is 63.8 cm³/mol. The number of anilines is 1. The van der Waals surface area contributed by atoms with Gasteiger partial charge in [-0.2, -0.15) is 13.2 Å². The maximum absolute atomic E-state index is 12.6. The van der Waals surface area contributed by atoms with E-state index in [0.29, 0.717) is 12.1 Å². The minimum atomic E-state index is -4.68. The van der Waals surface area contributed by atoms with Gasteiger partial charge in [0.05, 0.1) is 29.9 Å². The molecule has 1 saturated heterocycles. The van der Waals surface area contributed by atoms with Gasteiger partial charge in [-0.3, -0.25) is 14.9 Å². The van der Waals surface area contributed by atoms with Crippen LogP contribution in [0, 0.1) is 0 Å². The number of rotatable bonds is 2. The zero-order valence-electron chi connectivity index (χ0n) is 10.4. The third-order valence-corrected chi connectivity index (χ3v) is 2.84. The first kappa shape index (κ1) is 14.8. The summed E-state index contributed by atoms with van der Waals surface area (Å²) in [6.45, 7) is -0.616. The number of carbonyl (C=O) groups excluding carboxylic acids is 2. The van der Waals surface area contributed by atoms with E-state index in [-0.39, 0.29) is 18.8 Å². The second-order valence-electron chi connectivity index (χ2n) is 4.36. The Morgan fingerprint density at radius 2 is 1.76 bits per heavy atom. The van der Waals surface area contributed by atoms with Crippen molar-refractivity contribution in [3.8, 4) is 0 Å². The van der Waals surface area contributed by atoms with Gasteiger partial charge in [-0.15, -0.1) is 0 Å². The van der Waals surface area contributed by atoms with Gasteiger partial charge in [0.15, 0.2) is 0 Å².